The van der Waals surface area contributed by atoms with Crippen LogP contribution in [0.2, 0.25) is 0 Å². The van der Waals surface area contributed by atoms with Crippen LogP contribution < -0.4 is 4.90 Å². The summed E-state index contributed by atoms with van der Waals surface area (Å²) >= 11 is 0. The Hall–Kier alpha value is -1.76. The van der Waals surface area contributed by atoms with Crippen LogP contribution in [-0.4, -0.2) is 12.6 Å². The first-order valence-corrected chi connectivity index (χ1v) is 6.95. The lowest BCUT2D eigenvalue weighted by atomic mass is 9.86. The normalized spacial score (nSPS) is 20.4. The number of nitrogens with zero attached hydrogens (tertiary/aromatic N) is 1. The van der Waals surface area contributed by atoms with Crippen molar-refractivity contribution in [3.8, 4) is 11.1 Å². The van der Waals surface area contributed by atoms with Gasteiger partial charge in [0, 0.05) is 24.2 Å². The van der Waals surface area contributed by atoms with Gasteiger partial charge in [-0.2, -0.15) is 0 Å². The van der Waals surface area contributed by atoms with Gasteiger partial charge in [-0.05, 0) is 42.7 Å². The average Bonchev–Trinajstić information content (AvgIpc) is 2.61. The largest absolute Gasteiger partial charge is 0.369 e. The molecule has 3 rings (SSSR count). The SMILES string of the molecule is CC1c2cc(-c3ccccc3)ccc2N(C)C1(C)C. The highest BCUT2D eigenvalue weighted by Crippen LogP contribution is 2.47. The van der Waals surface area contributed by atoms with Crippen LogP contribution in [0.3, 0.4) is 0 Å². The van der Waals surface area contributed by atoms with Crippen LogP contribution >= 0.6 is 0 Å². The summed E-state index contributed by atoms with van der Waals surface area (Å²) in [6.07, 6.45) is 0. The third kappa shape index (κ3) is 1.76. The third-order valence-electron chi connectivity index (χ3n) is 4.89. The van der Waals surface area contributed by atoms with E-state index >= 15 is 0 Å². The summed E-state index contributed by atoms with van der Waals surface area (Å²) < 4.78 is 0. The van der Waals surface area contributed by atoms with Gasteiger partial charge in [0.25, 0.3) is 0 Å². The van der Waals surface area contributed by atoms with Crippen LogP contribution in [0, 0.1) is 0 Å². The summed E-state index contributed by atoms with van der Waals surface area (Å²) in [7, 11) is 2.20. The Morgan fingerprint density at radius 2 is 1.63 bits per heavy atom. The number of hydrogen-bond acceptors (Lipinski definition) is 1. The summed E-state index contributed by atoms with van der Waals surface area (Å²) in [5, 5.41) is 0. The molecular weight excluding hydrogens is 230 g/mol. The van der Waals surface area contributed by atoms with Gasteiger partial charge < -0.3 is 4.90 Å². The van der Waals surface area contributed by atoms with Gasteiger partial charge in [0.15, 0.2) is 0 Å². The summed E-state index contributed by atoms with van der Waals surface area (Å²) in [4.78, 5) is 2.40. The van der Waals surface area contributed by atoms with Crippen molar-refractivity contribution in [2.24, 2.45) is 0 Å². The number of fused-ring (bicyclic) bond motifs is 1. The van der Waals surface area contributed by atoms with Crippen molar-refractivity contribution in [3.05, 3.63) is 54.1 Å². The Kier molecular flexibility index (Phi) is 2.67. The number of anilines is 1. The van der Waals surface area contributed by atoms with Crippen molar-refractivity contribution in [3.63, 3.8) is 0 Å². The van der Waals surface area contributed by atoms with Crippen molar-refractivity contribution in [2.45, 2.75) is 32.2 Å². The topological polar surface area (TPSA) is 3.24 Å². The summed E-state index contributed by atoms with van der Waals surface area (Å²) in [6.45, 7) is 6.97. The molecule has 1 atom stereocenters. The van der Waals surface area contributed by atoms with Crippen molar-refractivity contribution in [2.75, 3.05) is 11.9 Å². The highest BCUT2D eigenvalue weighted by Gasteiger charge is 2.40. The molecule has 0 aromatic heterocycles. The van der Waals surface area contributed by atoms with E-state index in [4.69, 9.17) is 0 Å². The van der Waals surface area contributed by atoms with Crippen LogP contribution in [0.4, 0.5) is 5.69 Å². The molecule has 1 aliphatic rings. The molecule has 0 saturated heterocycles. The second-order valence-corrected chi connectivity index (χ2v) is 6.07. The summed E-state index contributed by atoms with van der Waals surface area (Å²) in [5.74, 6) is 0.552. The van der Waals surface area contributed by atoms with Gasteiger partial charge in [-0.1, -0.05) is 43.3 Å². The summed E-state index contributed by atoms with van der Waals surface area (Å²) in [6, 6.07) is 17.5. The van der Waals surface area contributed by atoms with Gasteiger partial charge in [-0.3, -0.25) is 0 Å². The smallest absolute Gasteiger partial charge is 0.0409 e. The number of likely N-dealkylation sites (N-methyl/N-ethyl adjacent to an activating group) is 1. The molecule has 1 heteroatoms. The quantitative estimate of drug-likeness (QED) is 0.711. The fraction of sp³-hybridized carbons (Fsp3) is 0.333. The van der Waals surface area contributed by atoms with Gasteiger partial charge in [-0.15, -0.1) is 0 Å². The molecule has 0 saturated carbocycles. The van der Waals surface area contributed by atoms with E-state index in [0.29, 0.717) is 5.92 Å². The second kappa shape index (κ2) is 4.12. The zero-order chi connectivity index (χ0) is 13.6. The standard InChI is InChI=1S/C18H21N/c1-13-16-12-15(14-8-6-5-7-9-14)10-11-17(16)19(4)18(13,2)3/h5-13H,1-4H3. The molecule has 0 bridgehead atoms. The minimum Gasteiger partial charge on any atom is -0.369 e. The van der Waals surface area contributed by atoms with Crippen LogP contribution in [0.25, 0.3) is 11.1 Å². The van der Waals surface area contributed by atoms with E-state index in [1.807, 2.05) is 0 Å². The Labute approximate surface area is 115 Å². The number of hydrogen-bond donors (Lipinski definition) is 0. The van der Waals surface area contributed by atoms with Crippen molar-refractivity contribution >= 4 is 5.69 Å². The molecule has 0 aliphatic carbocycles. The fourth-order valence-corrected chi connectivity index (χ4v) is 3.00. The van der Waals surface area contributed by atoms with Crippen molar-refractivity contribution in [1.82, 2.24) is 0 Å². The van der Waals surface area contributed by atoms with Crippen LogP contribution in [0.1, 0.15) is 32.3 Å². The molecule has 0 N–H and O–H groups in total. The fourth-order valence-electron chi connectivity index (χ4n) is 3.00. The molecule has 0 radical (unpaired) electrons. The molecule has 1 heterocycles. The molecule has 1 nitrogen and oxygen atoms in total. The Morgan fingerprint density at radius 3 is 2.32 bits per heavy atom. The molecular formula is C18H21N. The Balaban J connectivity index is 2.10. The molecule has 1 unspecified atom stereocenters. The summed E-state index contributed by atoms with van der Waals surface area (Å²) in [5.41, 5.74) is 5.64. The molecule has 98 valence electrons. The zero-order valence-corrected chi connectivity index (χ0v) is 12.1. The number of benzene rings is 2. The third-order valence-corrected chi connectivity index (χ3v) is 4.89. The molecule has 0 fully saturated rings. The highest BCUT2D eigenvalue weighted by atomic mass is 15.2. The van der Waals surface area contributed by atoms with Crippen LogP contribution in [-0.2, 0) is 0 Å². The zero-order valence-electron chi connectivity index (χ0n) is 12.1. The van der Waals surface area contributed by atoms with Gasteiger partial charge in [0.05, 0.1) is 0 Å². The maximum atomic E-state index is 2.40. The molecule has 2 aromatic carbocycles. The Bertz CT molecular complexity index is 598. The molecule has 2 aromatic rings. The number of rotatable bonds is 1. The van der Waals surface area contributed by atoms with Gasteiger partial charge in [0.2, 0.25) is 0 Å². The van der Waals surface area contributed by atoms with Gasteiger partial charge in [0.1, 0.15) is 0 Å². The first-order chi connectivity index (χ1) is 9.01. The lowest BCUT2D eigenvalue weighted by Crippen LogP contribution is -2.39. The maximum Gasteiger partial charge on any atom is 0.0409 e. The molecule has 0 spiro atoms. The van der Waals surface area contributed by atoms with E-state index in [1.54, 1.807) is 0 Å². The minimum absolute atomic E-state index is 0.192. The van der Waals surface area contributed by atoms with Crippen LogP contribution in [0.15, 0.2) is 48.5 Å². The highest BCUT2D eigenvalue weighted by molar-refractivity contribution is 5.72. The lowest BCUT2D eigenvalue weighted by molar-refractivity contribution is 0.444. The van der Waals surface area contributed by atoms with E-state index in [-0.39, 0.29) is 5.54 Å². The molecule has 1 aliphatic heterocycles. The van der Waals surface area contributed by atoms with Gasteiger partial charge >= 0.3 is 0 Å². The van der Waals surface area contributed by atoms with Gasteiger partial charge in [-0.25, -0.2) is 0 Å². The van der Waals surface area contributed by atoms with E-state index in [0.717, 1.165) is 0 Å². The second-order valence-electron chi connectivity index (χ2n) is 6.07. The predicted molar refractivity (Wildman–Crippen MR) is 82.8 cm³/mol. The van der Waals surface area contributed by atoms with Crippen molar-refractivity contribution < 1.29 is 0 Å². The van der Waals surface area contributed by atoms with E-state index < -0.39 is 0 Å². The first kappa shape index (κ1) is 12.3. The molecule has 0 amide bonds. The maximum absolute atomic E-state index is 2.40. The first-order valence-electron chi connectivity index (χ1n) is 6.95. The van der Waals surface area contributed by atoms with Crippen LogP contribution in [0.5, 0.6) is 0 Å². The average molecular weight is 251 g/mol. The minimum atomic E-state index is 0.192. The lowest BCUT2D eigenvalue weighted by Gasteiger charge is -2.33. The van der Waals surface area contributed by atoms with E-state index in [9.17, 15) is 0 Å². The monoisotopic (exact) mass is 251 g/mol. The van der Waals surface area contributed by atoms with E-state index in [1.165, 1.54) is 22.4 Å². The molecule has 19 heavy (non-hydrogen) atoms. The van der Waals surface area contributed by atoms with Crippen molar-refractivity contribution in [1.29, 1.82) is 0 Å². The predicted octanol–water partition coefficient (Wildman–Crippen LogP) is 4.69. The van der Waals surface area contributed by atoms with E-state index in [2.05, 4.69) is 81.2 Å². The Morgan fingerprint density at radius 1 is 0.947 bits per heavy atom.